The van der Waals surface area contributed by atoms with Gasteiger partial charge in [-0.1, -0.05) is 33.9 Å². The molecule has 0 atom stereocenters. The Hall–Kier alpha value is -1.25. The Morgan fingerprint density at radius 1 is 1.17 bits per heavy atom. The molecule has 0 aromatic rings. The van der Waals surface area contributed by atoms with Crippen molar-refractivity contribution in [3.63, 3.8) is 0 Å². The van der Waals surface area contributed by atoms with Crippen molar-refractivity contribution < 1.29 is 0 Å². The Bertz CT molecular complexity index is 218. The molecule has 66 valence electrons. The normalized spacial score (nSPS) is 13.4. The van der Waals surface area contributed by atoms with Gasteiger partial charge in [-0.25, -0.2) is 4.99 Å². The lowest BCUT2D eigenvalue weighted by molar-refractivity contribution is 0.582. The number of amidine groups is 1. The van der Waals surface area contributed by atoms with Crippen LogP contribution >= 0.6 is 0 Å². The number of nitrogens with zero attached hydrogens (tertiary/aromatic N) is 3. The predicted molar refractivity (Wildman–Crippen MR) is 52.1 cm³/mol. The summed E-state index contributed by atoms with van der Waals surface area (Å²) in [6.45, 7) is 13.0. The minimum Gasteiger partial charge on any atom is -0.240 e. The van der Waals surface area contributed by atoms with Crippen LogP contribution in [0.5, 0.6) is 0 Å². The maximum Gasteiger partial charge on any atom is 0.156 e. The molecule has 3 heteroatoms. The largest absolute Gasteiger partial charge is 0.240 e. The van der Waals surface area contributed by atoms with Gasteiger partial charge in [0.25, 0.3) is 0 Å². The van der Waals surface area contributed by atoms with E-state index in [2.05, 4.69) is 28.4 Å². The summed E-state index contributed by atoms with van der Waals surface area (Å²) in [5.74, 6) is 0.650. The SMILES string of the molecule is C=CN=NC(=NC=C)C(C)(C)C. The number of rotatable bonds is 2. The van der Waals surface area contributed by atoms with Crippen LogP contribution in [0.1, 0.15) is 20.8 Å². The van der Waals surface area contributed by atoms with E-state index in [4.69, 9.17) is 0 Å². The van der Waals surface area contributed by atoms with Gasteiger partial charge in [0, 0.05) is 17.8 Å². The zero-order chi connectivity index (χ0) is 9.61. The van der Waals surface area contributed by atoms with Crippen molar-refractivity contribution in [2.24, 2.45) is 20.6 Å². The van der Waals surface area contributed by atoms with Gasteiger partial charge in [0.05, 0.1) is 0 Å². The highest BCUT2D eigenvalue weighted by Crippen LogP contribution is 2.17. The number of hydrogen-bond acceptors (Lipinski definition) is 2. The summed E-state index contributed by atoms with van der Waals surface area (Å²) in [5.41, 5.74) is -0.110. The van der Waals surface area contributed by atoms with Crippen LogP contribution in [0.4, 0.5) is 0 Å². The van der Waals surface area contributed by atoms with Crippen LogP contribution in [0.25, 0.3) is 0 Å². The van der Waals surface area contributed by atoms with E-state index in [0.717, 1.165) is 0 Å². The van der Waals surface area contributed by atoms with Crippen molar-refractivity contribution in [3.8, 4) is 0 Å². The van der Waals surface area contributed by atoms with Gasteiger partial charge in [0.2, 0.25) is 0 Å². The lowest BCUT2D eigenvalue weighted by Gasteiger charge is -2.15. The Morgan fingerprint density at radius 3 is 2.08 bits per heavy atom. The van der Waals surface area contributed by atoms with E-state index in [1.54, 1.807) is 0 Å². The van der Waals surface area contributed by atoms with Gasteiger partial charge >= 0.3 is 0 Å². The van der Waals surface area contributed by atoms with Gasteiger partial charge in [-0.3, -0.25) is 0 Å². The first-order valence-corrected chi connectivity index (χ1v) is 3.73. The summed E-state index contributed by atoms with van der Waals surface area (Å²) in [6.07, 6.45) is 2.84. The Labute approximate surface area is 73.6 Å². The van der Waals surface area contributed by atoms with Crippen molar-refractivity contribution in [1.29, 1.82) is 0 Å². The molecule has 0 saturated carbocycles. The molecule has 12 heavy (non-hydrogen) atoms. The zero-order valence-corrected chi connectivity index (χ0v) is 7.91. The molecular weight excluding hydrogens is 150 g/mol. The van der Waals surface area contributed by atoms with E-state index >= 15 is 0 Å². The van der Waals surface area contributed by atoms with Crippen molar-refractivity contribution in [2.45, 2.75) is 20.8 Å². The molecule has 0 bridgehead atoms. The van der Waals surface area contributed by atoms with Crippen molar-refractivity contribution >= 4 is 5.84 Å². The third-order valence-electron chi connectivity index (χ3n) is 1.12. The van der Waals surface area contributed by atoms with Crippen LogP contribution in [0.15, 0.2) is 40.8 Å². The second kappa shape index (κ2) is 4.59. The highest BCUT2D eigenvalue weighted by atomic mass is 15.1. The first-order valence-electron chi connectivity index (χ1n) is 3.73. The second-order valence-corrected chi connectivity index (χ2v) is 3.28. The molecule has 0 saturated heterocycles. The standard InChI is InChI=1S/C9H15N3/c1-6-10-8(9(3,4)5)12-11-7-2/h6-7H,1-2H2,3-5H3. The van der Waals surface area contributed by atoms with Crippen molar-refractivity contribution in [3.05, 3.63) is 25.6 Å². The lowest BCUT2D eigenvalue weighted by Crippen LogP contribution is -2.17. The molecule has 0 aliphatic rings. The van der Waals surface area contributed by atoms with Gasteiger partial charge in [0.1, 0.15) is 0 Å². The first kappa shape index (κ1) is 10.8. The average Bonchev–Trinajstić information content (AvgIpc) is 1.95. The van der Waals surface area contributed by atoms with Crippen LogP contribution in [0.3, 0.4) is 0 Å². The minimum atomic E-state index is -0.110. The fourth-order valence-electron chi connectivity index (χ4n) is 0.551. The van der Waals surface area contributed by atoms with Gasteiger partial charge < -0.3 is 0 Å². The third kappa shape index (κ3) is 3.81. The van der Waals surface area contributed by atoms with Gasteiger partial charge in [-0.2, -0.15) is 5.11 Å². The summed E-state index contributed by atoms with van der Waals surface area (Å²) in [4.78, 5) is 4.01. The van der Waals surface area contributed by atoms with Crippen LogP contribution in [-0.2, 0) is 0 Å². The molecule has 0 unspecified atom stereocenters. The molecule has 0 aromatic heterocycles. The summed E-state index contributed by atoms with van der Waals surface area (Å²) in [6, 6.07) is 0. The van der Waals surface area contributed by atoms with E-state index in [9.17, 15) is 0 Å². The monoisotopic (exact) mass is 165 g/mol. The molecule has 0 aliphatic carbocycles. The van der Waals surface area contributed by atoms with E-state index in [-0.39, 0.29) is 5.41 Å². The summed E-state index contributed by atoms with van der Waals surface area (Å²) in [5, 5.41) is 7.56. The van der Waals surface area contributed by atoms with E-state index in [0.29, 0.717) is 5.84 Å². The van der Waals surface area contributed by atoms with Gasteiger partial charge in [-0.05, 0) is 0 Å². The van der Waals surface area contributed by atoms with E-state index in [1.807, 2.05) is 20.8 Å². The molecular formula is C9H15N3. The fraction of sp³-hybridized carbons (Fsp3) is 0.444. The number of hydrogen-bond donors (Lipinski definition) is 0. The number of azo groups is 1. The molecule has 0 aromatic carbocycles. The highest BCUT2D eigenvalue weighted by Gasteiger charge is 2.17. The Balaban J connectivity index is 4.68. The van der Waals surface area contributed by atoms with E-state index < -0.39 is 0 Å². The summed E-state index contributed by atoms with van der Waals surface area (Å²) < 4.78 is 0. The van der Waals surface area contributed by atoms with Gasteiger partial charge in [-0.15, -0.1) is 5.11 Å². The molecule has 0 fully saturated rings. The molecule has 0 rings (SSSR count). The Morgan fingerprint density at radius 2 is 1.75 bits per heavy atom. The fourth-order valence-corrected chi connectivity index (χ4v) is 0.551. The maximum absolute atomic E-state index is 4.01. The quantitative estimate of drug-likeness (QED) is 0.342. The molecule has 0 radical (unpaired) electrons. The highest BCUT2D eigenvalue weighted by molar-refractivity contribution is 5.87. The predicted octanol–water partition coefficient (Wildman–Crippen LogP) is 3.17. The molecule has 3 nitrogen and oxygen atoms in total. The molecule has 0 amide bonds. The Kier molecular flexibility index (Phi) is 4.11. The third-order valence-corrected chi connectivity index (χ3v) is 1.12. The van der Waals surface area contributed by atoms with Crippen LogP contribution in [-0.4, -0.2) is 5.84 Å². The topological polar surface area (TPSA) is 37.1 Å². The lowest BCUT2D eigenvalue weighted by atomic mass is 9.95. The minimum absolute atomic E-state index is 0.110. The summed E-state index contributed by atoms with van der Waals surface area (Å²) in [7, 11) is 0. The molecule has 0 heterocycles. The smallest absolute Gasteiger partial charge is 0.156 e. The average molecular weight is 165 g/mol. The molecule has 0 spiro atoms. The van der Waals surface area contributed by atoms with Crippen molar-refractivity contribution in [1.82, 2.24) is 0 Å². The number of aliphatic imine (C=N–C) groups is 1. The zero-order valence-electron chi connectivity index (χ0n) is 7.91. The van der Waals surface area contributed by atoms with Crippen molar-refractivity contribution in [2.75, 3.05) is 0 Å². The van der Waals surface area contributed by atoms with Crippen LogP contribution < -0.4 is 0 Å². The first-order chi connectivity index (χ1) is 5.52. The summed E-state index contributed by atoms with van der Waals surface area (Å²) >= 11 is 0. The van der Waals surface area contributed by atoms with Gasteiger partial charge in [0.15, 0.2) is 5.84 Å². The maximum atomic E-state index is 4.01. The van der Waals surface area contributed by atoms with Crippen LogP contribution in [0.2, 0.25) is 0 Å². The second-order valence-electron chi connectivity index (χ2n) is 3.28. The van der Waals surface area contributed by atoms with E-state index in [1.165, 1.54) is 12.4 Å². The molecule has 0 aliphatic heterocycles. The van der Waals surface area contributed by atoms with Crippen LogP contribution in [0, 0.1) is 5.41 Å². The molecule has 0 N–H and O–H groups in total.